The molecule has 5 nitrogen and oxygen atoms in total. The summed E-state index contributed by atoms with van der Waals surface area (Å²) in [6, 6.07) is 22.4. The number of aromatic nitrogens is 3. The van der Waals surface area contributed by atoms with E-state index < -0.39 is 0 Å². The van der Waals surface area contributed by atoms with E-state index in [2.05, 4.69) is 45.6 Å². The Bertz CT molecular complexity index is 1000. The first-order valence-corrected chi connectivity index (χ1v) is 7.97. The number of nitrogens with zero attached hydrogens (tertiary/aromatic N) is 4. The monoisotopic (exact) mass is 328 g/mol. The first-order valence-electron chi connectivity index (χ1n) is 7.97. The number of benzene rings is 3. The van der Waals surface area contributed by atoms with Crippen molar-refractivity contribution in [2.75, 3.05) is 0 Å². The van der Waals surface area contributed by atoms with Crippen molar-refractivity contribution in [2.45, 2.75) is 6.61 Å². The Labute approximate surface area is 145 Å². The molecule has 0 saturated heterocycles. The summed E-state index contributed by atoms with van der Waals surface area (Å²) in [5.74, 6) is 0.784. The molecule has 122 valence electrons. The summed E-state index contributed by atoms with van der Waals surface area (Å²) in [7, 11) is 0. The summed E-state index contributed by atoms with van der Waals surface area (Å²) in [5.41, 5.74) is 2.06. The van der Waals surface area contributed by atoms with Crippen molar-refractivity contribution in [1.82, 2.24) is 14.9 Å². The zero-order valence-electron chi connectivity index (χ0n) is 13.5. The third kappa shape index (κ3) is 3.40. The van der Waals surface area contributed by atoms with Gasteiger partial charge in [-0.15, -0.1) is 10.2 Å². The molecule has 0 aliphatic heterocycles. The number of para-hydroxylation sites is 1. The molecule has 1 heterocycles. The average Bonchev–Trinajstić information content (AvgIpc) is 3.19. The smallest absolute Gasteiger partial charge is 0.141 e. The number of rotatable bonds is 5. The van der Waals surface area contributed by atoms with Crippen LogP contribution < -0.4 is 4.74 Å². The van der Waals surface area contributed by atoms with Crippen LogP contribution in [0.1, 0.15) is 11.1 Å². The van der Waals surface area contributed by atoms with Gasteiger partial charge in [0.1, 0.15) is 25.0 Å². The standard InChI is InChI=1S/C20H16N4O/c1-3-10-19-16(6-1)8-5-9-18(19)13-25-20-11-4-2-7-17(20)12-23-24-14-21-22-15-24/h1-12,14-15H,13H2/b23-12-. The van der Waals surface area contributed by atoms with Crippen LogP contribution in [-0.4, -0.2) is 21.1 Å². The normalized spacial score (nSPS) is 11.2. The molecule has 0 radical (unpaired) electrons. The lowest BCUT2D eigenvalue weighted by molar-refractivity contribution is 0.307. The molecular formula is C20H16N4O. The Morgan fingerprint density at radius 2 is 1.64 bits per heavy atom. The number of fused-ring (bicyclic) bond motifs is 1. The maximum Gasteiger partial charge on any atom is 0.141 e. The summed E-state index contributed by atoms with van der Waals surface area (Å²) < 4.78 is 7.61. The van der Waals surface area contributed by atoms with Crippen LogP contribution in [0.2, 0.25) is 0 Å². The summed E-state index contributed by atoms with van der Waals surface area (Å²) in [5, 5.41) is 14.2. The van der Waals surface area contributed by atoms with Gasteiger partial charge in [-0.3, -0.25) is 0 Å². The quantitative estimate of drug-likeness (QED) is 0.522. The van der Waals surface area contributed by atoms with Crippen molar-refractivity contribution in [2.24, 2.45) is 5.10 Å². The molecule has 0 amide bonds. The van der Waals surface area contributed by atoms with Crippen LogP contribution in [0.25, 0.3) is 10.8 Å². The van der Waals surface area contributed by atoms with E-state index in [1.807, 2.05) is 36.4 Å². The van der Waals surface area contributed by atoms with Gasteiger partial charge < -0.3 is 4.74 Å². The molecule has 0 spiro atoms. The Morgan fingerprint density at radius 1 is 0.880 bits per heavy atom. The fourth-order valence-electron chi connectivity index (χ4n) is 2.68. The zero-order valence-corrected chi connectivity index (χ0v) is 13.5. The zero-order chi connectivity index (χ0) is 16.9. The van der Waals surface area contributed by atoms with Crippen molar-refractivity contribution < 1.29 is 4.74 Å². The van der Waals surface area contributed by atoms with Crippen LogP contribution in [-0.2, 0) is 6.61 Å². The SMILES string of the molecule is C(=N/n1cnnc1)/c1ccccc1OCc1cccc2ccccc12. The molecule has 0 aliphatic rings. The van der Waals surface area contributed by atoms with Gasteiger partial charge in [0.05, 0.1) is 6.21 Å². The predicted octanol–water partition coefficient (Wildman–Crippen LogP) is 3.89. The summed E-state index contributed by atoms with van der Waals surface area (Å²) >= 11 is 0. The summed E-state index contributed by atoms with van der Waals surface area (Å²) in [6.45, 7) is 0.499. The Kier molecular flexibility index (Phi) is 4.20. The second-order valence-corrected chi connectivity index (χ2v) is 5.55. The van der Waals surface area contributed by atoms with Gasteiger partial charge in [-0.2, -0.15) is 5.10 Å². The fourth-order valence-corrected chi connectivity index (χ4v) is 2.68. The van der Waals surface area contributed by atoms with Gasteiger partial charge in [0.25, 0.3) is 0 Å². The van der Waals surface area contributed by atoms with Gasteiger partial charge in [-0.25, -0.2) is 4.68 Å². The fraction of sp³-hybridized carbons (Fsp3) is 0.0500. The molecule has 5 heteroatoms. The highest BCUT2D eigenvalue weighted by atomic mass is 16.5. The van der Waals surface area contributed by atoms with Gasteiger partial charge >= 0.3 is 0 Å². The lowest BCUT2D eigenvalue weighted by atomic mass is 10.1. The highest BCUT2D eigenvalue weighted by molar-refractivity contribution is 5.86. The molecule has 0 fully saturated rings. The van der Waals surface area contributed by atoms with Crippen molar-refractivity contribution in [1.29, 1.82) is 0 Å². The summed E-state index contributed by atoms with van der Waals surface area (Å²) in [4.78, 5) is 0. The van der Waals surface area contributed by atoms with Gasteiger partial charge in [0.2, 0.25) is 0 Å². The Hall–Kier alpha value is -3.47. The molecule has 0 saturated carbocycles. The number of ether oxygens (including phenoxy) is 1. The third-order valence-electron chi connectivity index (χ3n) is 3.92. The van der Waals surface area contributed by atoms with Gasteiger partial charge in [0, 0.05) is 5.56 Å². The second-order valence-electron chi connectivity index (χ2n) is 5.55. The van der Waals surface area contributed by atoms with Crippen LogP contribution in [0.3, 0.4) is 0 Å². The topological polar surface area (TPSA) is 52.3 Å². The van der Waals surface area contributed by atoms with Gasteiger partial charge in [0.15, 0.2) is 0 Å². The molecule has 3 aromatic carbocycles. The highest BCUT2D eigenvalue weighted by Gasteiger charge is 2.04. The van der Waals surface area contributed by atoms with Crippen LogP contribution >= 0.6 is 0 Å². The Morgan fingerprint density at radius 3 is 2.56 bits per heavy atom. The highest BCUT2D eigenvalue weighted by Crippen LogP contribution is 2.22. The number of hydrogen-bond donors (Lipinski definition) is 0. The minimum absolute atomic E-state index is 0.499. The molecule has 1 aromatic heterocycles. The maximum absolute atomic E-state index is 6.07. The lowest BCUT2D eigenvalue weighted by Gasteiger charge is -2.11. The van der Waals surface area contributed by atoms with Crippen LogP contribution in [0.5, 0.6) is 5.75 Å². The van der Waals surface area contributed by atoms with Gasteiger partial charge in [-0.1, -0.05) is 54.6 Å². The van der Waals surface area contributed by atoms with Crippen molar-refractivity contribution in [3.8, 4) is 5.75 Å². The Balaban J connectivity index is 1.57. The van der Waals surface area contributed by atoms with Crippen LogP contribution in [0.4, 0.5) is 0 Å². The average molecular weight is 328 g/mol. The first-order chi connectivity index (χ1) is 12.4. The molecule has 4 aromatic rings. The molecule has 25 heavy (non-hydrogen) atoms. The van der Waals surface area contributed by atoms with E-state index in [1.165, 1.54) is 23.4 Å². The van der Waals surface area contributed by atoms with Crippen molar-refractivity contribution in [3.05, 3.63) is 90.5 Å². The van der Waals surface area contributed by atoms with E-state index >= 15 is 0 Å². The second kappa shape index (κ2) is 6.97. The number of hydrogen-bond acceptors (Lipinski definition) is 4. The maximum atomic E-state index is 6.07. The van der Waals surface area contributed by atoms with E-state index in [1.54, 1.807) is 10.9 Å². The molecule has 4 rings (SSSR count). The predicted molar refractivity (Wildman–Crippen MR) is 97.7 cm³/mol. The third-order valence-corrected chi connectivity index (χ3v) is 3.92. The molecular weight excluding hydrogens is 312 g/mol. The minimum Gasteiger partial charge on any atom is -0.488 e. The van der Waals surface area contributed by atoms with E-state index in [0.29, 0.717) is 6.61 Å². The van der Waals surface area contributed by atoms with E-state index in [4.69, 9.17) is 4.74 Å². The molecule has 0 bridgehead atoms. The lowest BCUT2D eigenvalue weighted by Crippen LogP contribution is -1.99. The van der Waals surface area contributed by atoms with Crippen molar-refractivity contribution in [3.63, 3.8) is 0 Å². The largest absolute Gasteiger partial charge is 0.488 e. The van der Waals surface area contributed by atoms with E-state index in [9.17, 15) is 0 Å². The van der Waals surface area contributed by atoms with Crippen molar-refractivity contribution >= 4 is 17.0 Å². The molecule has 0 N–H and O–H groups in total. The van der Waals surface area contributed by atoms with Gasteiger partial charge in [-0.05, 0) is 28.5 Å². The molecule has 0 unspecified atom stereocenters. The summed E-state index contributed by atoms with van der Waals surface area (Å²) in [6.07, 6.45) is 4.81. The molecule has 0 aliphatic carbocycles. The minimum atomic E-state index is 0.499. The van der Waals surface area contributed by atoms with Crippen LogP contribution in [0.15, 0.2) is 84.5 Å². The first kappa shape index (κ1) is 15.1. The van der Waals surface area contributed by atoms with E-state index in [0.717, 1.165) is 16.9 Å². The van der Waals surface area contributed by atoms with Crippen LogP contribution in [0, 0.1) is 0 Å². The van der Waals surface area contributed by atoms with E-state index in [-0.39, 0.29) is 0 Å². The molecule has 0 atom stereocenters.